The summed E-state index contributed by atoms with van der Waals surface area (Å²) >= 11 is 1.38. The van der Waals surface area contributed by atoms with Crippen molar-refractivity contribution in [1.29, 1.82) is 0 Å². The van der Waals surface area contributed by atoms with E-state index in [9.17, 15) is 14.0 Å². The van der Waals surface area contributed by atoms with Gasteiger partial charge in [0.05, 0.1) is 6.20 Å². The van der Waals surface area contributed by atoms with Crippen LogP contribution in [0.25, 0.3) is 5.69 Å². The van der Waals surface area contributed by atoms with Crippen LogP contribution in [0.5, 0.6) is 0 Å². The van der Waals surface area contributed by atoms with Gasteiger partial charge in [0.1, 0.15) is 30.2 Å². The molecule has 0 aliphatic carbocycles. The summed E-state index contributed by atoms with van der Waals surface area (Å²) in [4.78, 5) is 33.5. The first kappa shape index (κ1) is 22.2. The molecule has 168 valence electrons. The highest BCUT2D eigenvalue weighted by atomic mass is 32.2. The summed E-state index contributed by atoms with van der Waals surface area (Å²) in [6.07, 6.45) is 6.17. The quantitative estimate of drug-likeness (QED) is 0.403. The Balaban J connectivity index is 1.47. The van der Waals surface area contributed by atoms with Crippen molar-refractivity contribution in [2.24, 2.45) is 0 Å². The van der Waals surface area contributed by atoms with E-state index in [-0.39, 0.29) is 17.6 Å². The number of anilines is 2. The zero-order chi connectivity index (χ0) is 23.4. The molecule has 2 aromatic heterocycles. The number of nitrogens with zero attached hydrogens (tertiary/aromatic N) is 5. The van der Waals surface area contributed by atoms with Gasteiger partial charge in [-0.25, -0.2) is 19.0 Å². The molecule has 0 aliphatic heterocycles. The van der Waals surface area contributed by atoms with Crippen LogP contribution >= 0.6 is 11.8 Å². The molecule has 0 saturated heterocycles. The van der Waals surface area contributed by atoms with Crippen LogP contribution in [-0.4, -0.2) is 42.4 Å². The molecule has 9 nitrogen and oxygen atoms in total. The average molecular weight is 466 g/mol. The van der Waals surface area contributed by atoms with Crippen molar-refractivity contribution in [2.75, 3.05) is 16.9 Å². The molecule has 0 fully saturated rings. The normalized spacial score (nSPS) is 11.7. The summed E-state index contributed by atoms with van der Waals surface area (Å²) in [5.74, 6) is -0.979. The van der Waals surface area contributed by atoms with Crippen LogP contribution in [0.2, 0.25) is 0 Å². The second-order valence-electron chi connectivity index (χ2n) is 7.01. The highest BCUT2D eigenvalue weighted by Gasteiger charge is 2.19. The maximum absolute atomic E-state index is 13.3. The maximum Gasteiger partial charge on any atom is 0.274 e. The number of thioether (sulfide) groups is 1. The SMILES string of the molecule is CSc1ncc(C(=O)Nc2ccc(NC(=O)C(C)n3cncn3)cc2)n1-c1ccc(F)cc1. The summed E-state index contributed by atoms with van der Waals surface area (Å²) in [6.45, 7) is 1.71. The fourth-order valence-electron chi connectivity index (χ4n) is 3.09. The van der Waals surface area contributed by atoms with Crippen molar-refractivity contribution < 1.29 is 14.0 Å². The number of hydrogen-bond acceptors (Lipinski definition) is 6. The van der Waals surface area contributed by atoms with E-state index in [1.807, 2.05) is 6.26 Å². The highest BCUT2D eigenvalue weighted by molar-refractivity contribution is 7.98. The molecular formula is C22H20FN7O2S. The van der Waals surface area contributed by atoms with Crippen molar-refractivity contribution in [1.82, 2.24) is 24.3 Å². The minimum Gasteiger partial charge on any atom is -0.324 e. The molecule has 4 rings (SSSR count). The highest BCUT2D eigenvalue weighted by Crippen LogP contribution is 2.23. The van der Waals surface area contributed by atoms with Gasteiger partial charge in [-0.3, -0.25) is 14.2 Å². The number of aromatic nitrogens is 5. The van der Waals surface area contributed by atoms with Crippen molar-refractivity contribution in [2.45, 2.75) is 18.1 Å². The van der Waals surface area contributed by atoms with Crippen LogP contribution in [0.3, 0.4) is 0 Å². The summed E-state index contributed by atoms with van der Waals surface area (Å²) in [6, 6.07) is 12.1. The van der Waals surface area contributed by atoms with Gasteiger partial charge in [-0.15, -0.1) is 0 Å². The van der Waals surface area contributed by atoms with Gasteiger partial charge in [-0.2, -0.15) is 5.10 Å². The maximum atomic E-state index is 13.3. The van der Waals surface area contributed by atoms with Crippen molar-refractivity contribution in [3.05, 3.63) is 78.9 Å². The molecule has 11 heteroatoms. The van der Waals surface area contributed by atoms with E-state index in [1.165, 1.54) is 47.4 Å². The van der Waals surface area contributed by atoms with Crippen molar-refractivity contribution in [3.8, 4) is 5.69 Å². The molecule has 1 atom stereocenters. The van der Waals surface area contributed by atoms with E-state index in [2.05, 4.69) is 25.7 Å². The Morgan fingerprint density at radius 1 is 1.03 bits per heavy atom. The zero-order valence-corrected chi connectivity index (χ0v) is 18.6. The number of imidazole rings is 1. The fraction of sp³-hybridized carbons (Fsp3) is 0.136. The Hall–Kier alpha value is -3.99. The molecule has 0 aliphatic rings. The zero-order valence-electron chi connectivity index (χ0n) is 17.8. The van der Waals surface area contributed by atoms with Gasteiger partial charge < -0.3 is 10.6 Å². The van der Waals surface area contributed by atoms with E-state index >= 15 is 0 Å². The van der Waals surface area contributed by atoms with E-state index < -0.39 is 6.04 Å². The third-order valence-corrected chi connectivity index (χ3v) is 5.51. The molecule has 2 aromatic carbocycles. The van der Waals surface area contributed by atoms with E-state index in [4.69, 9.17) is 0 Å². The fourth-order valence-corrected chi connectivity index (χ4v) is 3.64. The number of hydrogen-bond donors (Lipinski definition) is 2. The lowest BCUT2D eigenvalue weighted by Crippen LogP contribution is -2.24. The molecule has 0 radical (unpaired) electrons. The summed E-state index contributed by atoms with van der Waals surface area (Å²) in [7, 11) is 0. The Kier molecular flexibility index (Phi) is 6.50. The van der Waals surface area contributed by atoms with Gasteiger partial charge in [0.25, 0.3) is 5.91 Å². The first-order valence-corrected chi connectivity index (χ1v) is 11.1. The van der Waals surface area contributed by atoms with Crippen LogP contribution in [0.15, 0.2) is 72.5 Å². The Morgan fingerprint density at radius 3 is 2.30 bits per heavy atom. The standard InChI is InChI=1S/C22H20FN7O2S/c1-14(29-13-24-12-26-29)20(31)27-16-5-7-17(8-6-16)28-21(32)19-11-25-22(33-2)30(19)18-9-3-15(23)4-10-18/h3-14H,1-2H3,(H,27,31)(H,28,32). The lowest BCUT2D eigenvalue weighted by atomic mass is 10.2. The largest absolute Gasteiger partial charge is 0.324 e. The van der Waals surface area contributed by atoms with Gasteiger partial charge in [-0.1, -0.05) is 11.8 Å². The van der Waals surface area contributed by atoms with Crippen molar-refractivity contribution >= 4 is 35.0 Å². The van der Waals surface area contributed by atoms with Crippen LogP contribution in [0.4, 0.5) is 15.8 Å². The van der Waals surface area contributed by atoms with E-state index in [1.54, 1.807) is 47.9 Å². The average Bonchev–Trinajstić information content (AvgIpc) is 3.50. The van der Waals surface area contributed by atoms with Gasteiger partial charge in [0.15, 0.2) is 5.16 Å². The predicted molar refractivity (Wildman–Crippen MR) is 123 cm³/mol. The van der Waals surface area contributed by atoms with Crippen molar-refractivity contribution in [3.63, 3.8) is 0 Å². The van der Waals surface area contributed by atoms with Crippen LogP contribution in [0.1, 0.15) is 23.5 Å². The molecule has 4 aromatic rings. The lowest BCUT2D eigenvalue weighted by molar-refractivity contribution is -0.119. The minimum atomic E-state index is -0.524. The number of carbonyl (C=O) groups is 2. The molecule has 2 amide bonds. The Bertz CT molecular complexity index is 1260. The monoisotopic (exact) mass is 465 g/mol. The van der Waals surface area contributed by atoms with E-state index in [0.29, 0.717) is 27.9 Å². The smallest absolute Gasteiger partial charge is 0.274 e. The minimum absolute atomic E-state index is 0.245. The first-order chi connectivity index (χ1) is 16.0. The third kappa shape index (κ3) is 4.93. The van der Waals surface area contributed by atoms with Gasteiger partial charge >= 0.3 is 0 Å². The third-order valence-electron chi connectivity index (χ3n) is 4.85. The molecule has 0 spiro atoms. The van der Waals surface area contributed by atoms with Gasteiger partial charge in [-0.05, 0) is 61.7 Å². The van der Waals surface area contributed by atoms with Gasteiger partial charge in [0.2, 0.25) is 5.91 Å². The topological polar surface area (TPSA) is 107 Å². The van der Waals surface area contributed by atoms with Crippen LogP contribution in [0, 0.1) is 5.82 Å². The summed E-state index contributed by atoms with van der Waals surface area (Å²) in [5.41, 5.74) is 2.05. The number of benzene rings is 2. The van der Waals surface area contributed by atoms with E-state index in [0.717, 1.165) is 0 Å². The number of carbonyl (C=O) groups excluding carboxylic acids is 2. The number of amides is 2. The molecule has 1 unspecified atom stereocenters. The molecule has 2 heterocycles. The second-order valence-corrected chi connectivity index (χ2v) is 7.79. The molecule has 33 heavy (non-hydrogen) atoms. The molecule has 2 N–H and O–H groups in total. The van der Waals surface area contributed by atoms with Gasteiger partial charge in [0, 0.05) is 17.1 Å². The summed E-state index contributed by atoms with van der Waals surface area (Å²) in [5, 5.41) is 10.2. The summed E-state index contributed by atoms with van der Waals surface area (Å²) < 4.78 is 16.5. The number of rotatable bonds is 7. The number of nitrogens with one attached hydrogen (secondary N) is 2. The first-order valence-electron chi connectivity index (χ1n) is 9.90. The van der Waals surface area contributed by atoms with Crippen LogP contribution in [-0.2, 0) is 4.79 Å². The number of halogens is 1. The van der Waals surface area contributed by atoms with Crippen LogP contribution < -0.4 is 10.6 Å². The molecular weight excluding hydrogens is 445 g/mol. The second kappa shape index (κ2) is 9.65. The molecule has 0 bridgehead atoms. The predicted octanol–water partition coefficient (Wildman–Crippen LogP) is 3.78. The Morgan fingerprint density at radius 2 is 1.70 bits per heavy atom. The molecule has 0 saturated carbocycles. The Labute approximate surface area is 193 Å². The lowest BCUT2D eigenvalue weighted by Gasteiger charge is -2.13.